The van der Waals surface area contributed by atoms with Crippen LogP contribution >= 0.6 is 11.1 Å². The van der Waals surface area contributed by atoms with Crippen molar-refractivity contribution >= 4 is 28.8 Å². The second-order valence-corrected chi connectivity index (χ2v) is 11.0. The van der Waals surface area contributed by atoms with E-state index in [0.717, 1.165) is 0 Å². The van der Waals surface area contributed by atoms with Gasteiger partial charge in [0.2, 0.25) is 7.38 Å². The molecular weight excluding hydrogens is 268 g/mol. The highest BCUT2D eigenvalue weighted by Crippen LogP contribution is 2.16. The summed E-state index contributed by atoms with van der Waals surface area (Å²) >= 11 is 7.08. The molecule has 0 radical (unpaired) electrons. The maximum atomic E-state index is 7.08. The average Bonchev–Trinajstić information content (AvgIpc) is 2.35. The van der Waals surface area contributed by atoms with Gasteiger partial charge in [0.25, 0.3) is 0 Å². The molecule has 2 aromatic carbocycles. The van der Waals surface area contributed by atoms with Crippen molar-refractivity contribution in [2.45, 2.75) is 34.2 Å². The molecule has 0 aliphatic carbocycles. The molecule has 19 heavy (non-hydrogen) atoms. The summed E-state index contributed by atoms with van der Waals surface area (Å²) in [6, 6.07) is 13.2. The van der Waals surface area contributed by atoms with Crippen LogP contribution in [-0.2, 0) is 0 Å². The SMILES string of the molecule is Cc1ccc(C)c([Si](C)(Cl)c2cc(C)ccc2C)c1. The number of halogens is 1. The Bertz CT molecular complexity index is 561. The third-order valence-corrected chi connectivity index (χ3v) is 8.12. The van der Waals surface area contributed by atoms with Crippen LogP contribution in [-0.4, -0.2) is 7.38 Å². The summed E-state index contributed by atoms with van der Waals surface area (Å²) in [4.78, 5) is 0. The molecule has 0 saturated carbocycles. The first-order valence-corrected chi connectivity index (χ1v) is 10.2. The summed E-state index contributed by atoms with van der Waals surface area (Å²) in [6.45, 7) is 10.8. The molecule has 0 bridgehead atoms. The Balaban J connectivity index is 2.64. The minimum atomic E-state index is -2.14. The smallest absolute Gasteiger partial charge is 0.155 e. The molecular formula is C17H21ClSi. The fourth-order valence-corrected chi connectivity index (χ4v) is 6.79. The zero-order chi connectivity index (χ0) is 14.2. The molecule has 0 atom stereocenters. The second kappa shape index (κ2) is 5.14. The lowest BCUT2D eigenvalue weighted by molar-refractivity contribution is 1.41. The van der Waals surface area contributed by atoms with Crippen molar-refractivity contribution in [1.82, 2.24) is 0 Å². The van der Waals surface area contributed by atoms with Gasteiger partial charge in [0.15, 0.2) is 0 Å². The molecule has 0 N–H and O–H groups in total. The molecule has 0 aliphatic heterocycles. The molecule has 2 aromatic rings. The Hall–Kier alpha value is -1.05. The van der Waals surface area contributed by atoms with E-state index in [-0.39, 0.29) is 0 Å². The zero-order valence-corrected chi connectivity index (χ0v) is 14.1. The standard InChI is InChI=1S/C17H21ClSi/c1-12-6-8-14(3)16(10-12)19(5,18)17-11-13(2)7-9-15(17)4/h6-11H,1-5H3. The van der Waals surface area contributed by atoms with E-state index >= 15 is 0 Å². The van der Waals surface area contributed by atoms with Crippen LogP contribution < -0.4 is 10.4 Å². The van der Waals surface area contributed by atoms with Crippen LogP contribution in [0, 0.1) is 27.7 Å². The summed E-state index contributed by atoms with van der Waals surface area (Å²) in [5, 5.41) is 2.67. The van der Waals surface area contributed by atoms with E-state index in [1.54, 1.807) is 0 Å². The van der Waals surface area contributed by atoms with Crippen LogP contribution in [0.25, 0.3) is 0 Å². The molecule has 100 valence electrons. The van der Waals surface area contributed by atoms with Crippen molar-refractivity contribution in [2.24, 2.45) is 0 Å². The first kappa shape index (κ1) is 14.4. The number of benzene rings is 2. The summed E-state index contributed by atoms with van der Waals surface area (Å²) in [6.07, 6.45) is 0. The van der Waals surface area contributed by atoms with E-state index in [2.05, 4.69) is 70.6 Å². The Morgan fingerprint density at radius 3 is 1.47 bits per heavy atom. The van der Waals surface area contributed by atoms with Gasteiger partial charge in [0.1, 0.15) is 0 Å². The van der Waals surface area contributed by atoms with Gasteiger partial charge in [-0.1, -0.05) is 58.7 Å². The molecule has 0 amide bonds. The predicted molar refractivity (Wildman–Crippen MR) is 88.6 cm³/mol. The molecule has 2 rings (SSSR count). The summed E-state index contributed by atoms with van der Waals surface area (Å²) in [7, 11) is -2.14. The molecule has 0 nitrogen and oxygen atoms in total. The van der Waals surface area contributed by atoms with Crippen molar-refractivity contribution < 1.29 is 0 Å². The Labute approximate surface area is 122 Å². The molecule has 0 aromatic heterocycles. The highest BCUT2D eigenvalue weighted by Gasteiger charge is 2.32. The monoisotopic (exact) mass is 288 g/mol. The average molecular weight is 289 g/mol. The fourth-order valence-electron chi connectivity index (χ4n) is 2.63. The summed E-state index contributed by atoms with van der Waals surface area (Å²) in [5.74, 6) is 0. The first-order valence-electron chi connectivity index (χ1n) is 6.67. The van der Waals surface area contributed by atoms with Crippen LogP contribution in [0.4, 0.5) is 0 Å². The van der Waals surface area contributed by atoms with Crippen LogP contribution in [0.2, 0.25) is 6.55 Å². The van der Waals surface area contributed by atoms with Crippen LogP contribution in [0.3, 0.4) is 0 Å². The van der Waals surface area contributed by atoms with E-state index in [0.29, 0.717) is 0 Å². The first-order chi connectivity index (χ1) is 8.82. The van der Waals surface area contributed by atoms with Gasteiger partial charge in [-0.15, -0.1) is 0 Å². The van der Waals surface area contributed by atoms with Gasteiger partial charge in [-0.05, 0) is 44.6 Å². The third kappa shape index (κ3) is 2.77. The Morgan fingerprint density at radius 2 is 1.11 bits per heavy atom. The number of aryl methyl sites for hydroxylation is 4. The maximum Gasteiger partial charge on any atom is 0.214 e. The van der Waals surface area contributed by atoms with Gasteiger partial charge in [-0.2, -0.15) is 11.1 Å². The Morgan fingerprint density at radius 1 is 0.737 bits per heavy atom. The van der Waals surface area contributed by atoms with Crippen molar-refractivity contribution in [3.05, 3.63) is 58.7 Å². The molecule has 0 saturated heterocycles. The number of rotatable bonds is 2. The molecule has 0 unspecified atom stereocenters. The van der Waals surface area contributed by atoms with Gasteiger partial charge in [0.05, 0.1) is 0 Å². The van der Waals surface area contributed by atoms with Crippen molar-refractivity contribution in [3.63, 3.8) is 0 Å². The van der Waals surface area contributed by atoms with Gasteiger partial charge < -0.3 is 0 Å². The number of hydrogen-bond acceptors (Lipinski definition) is 0. The van der Waals surface area contributed by atoms with Gasteiger partial charge in [0, 0.05) is 0 Å². The van der Waals surface area contributed by atoms with Crippen molar-refractivity contribution in [1.29, 1.82) is 0 Å². The lowest BCUT2D eigenvalue weighted by Crippen LogP contribution is -2.53. The topological polar surface area (TPSA) is 0 Å². The summed E-state index contributed by atoms with van der Waals surface area (Å²) < 4.78 is 0. The van der Waals surface area contributed by atoms with Crippen LogP contribution in [0.1, 0.15) is 22.3 Å². The maximum absolute atomic E-state index is 7.08. The van der Waals surface area contributed by atoms with E-state index < -0.39 is 7.38 Å². The minimum Gasteiger partial charge on any atom is -0.155 e. The van der Waals surface area contributed by atoms with Crippen molar-refractivity contribution in [3.8, 4) is 0 Å². The third-order valence-electron chi connectivity index (χ3n) is 3.80. The Kier molecular flexibility index (Phi) is 3.89. The molecule has 0 spiro atoms. The molecule has 0 fully saturated rings. The summed E-state index contributed by atoms with van der Waals surface area (Å²) in [5.41, 5.74) is 5.17. The highest BCUT2D eigenvalue weighted by molar-refractivity contribution is 7.33. The fraction of sp³-hybridized carbons (Fsp3) is 0.294. The molecule has 0 aliphatic rings. The largest absolute Gasteiger partial charge is 0.214 e. The normalized spacial score (nSPS) is 11.7. The van der Waals surface area contributed by atoms with Gasteiger partial charge in [-0.25, -0.2) is 0 Å². The second-order valence-electron chi connectivity index (χ2n) is 5.64. The number of hydrogen-bond donors (Lipinski definition) is 0. The van der Waals surface area contributed by atoms with E-state index in [9.17, 15) is 0 Å². The van der Waals surface area contributed by atoms with Gasteiger partial charge >= 0.3 is 0 Å². The van der Waals surface area contributed by atoms with E-state index in [1.165, 1.54) is 32.6 Å². The predicted octanol–water partition coefficient (Wildman–Crippen LogP) is 3.85. The van der Waals surface area contributed by atoms with E-state index in [4.69, 9.17) is 11.1 Å². The molecule has 2 heteroatoms. The lowest BCUT2D eigenvalue weighted by atomic mass is 10.2. The lowest BCUT2D eigenvalue weighted by Gasteiger charge is -2.25. The quantitative estimate of drug-likeness (QED) is 0.582. The minimum absolute atomic E-state index is 1.28. The van der Waals surface area contributed by atoms with Crippen molar-refractivity contribution in [2.75, 3.05) is 0 Å². The zero-order valence-electron chi connectivity index (χ0n) is 12.3. The van der Waals surface area contributed by atoms with Crippen LogP contribution in [0.5, 0.6) is 0 Å². The highest BCUT2D eigenvalue weighted by atomic mass is 35.6. The molecule has 0 heterocycles. The van der Waals surface area contributed by atoms with Gasteiger partial charge in [-0.3, -0.25) is 0 Å². The van der Waals surface area contributed by atoms with E-state index in [1.807, 2.05) is 0 Å². The van der Waals surface area contributed by atoms with Crippen LogP contribution in [0.15, 0.2) is 36.4 Å².